The molecule has 2 N–H and O–H groups in total. The van der Waals surface area contributed by atoms with E-state index in [1.54, 1.807) is 6.08 Å². The Bertz CT molecular complexity index is 760. The van der Waals surface area contributed by atoms with Gasteiger partial charge >= 0.3 is 0 Å². The minimum Gasteiger partial charge on any atom is -0.351 e. The second-order valence-electron chi connectivity index (χ2n) is 6.03. The lowest BCUT2D eigenvalue weighted by Crippen LogP contribution is -2.35. The molecule has 0 aliphatic rings. The molecular formula is C20H24N2O2. The largest absolute Gasteiger partial charge is 0.351 e. The van der Waals surface area contributed by atoms with Crippen molar-refractivity contribution in [2.24, 2.45) is 5.92 Å². The van der Waals surface area contributed by atoms with Crippen LogP contribution in [0, 0.1) is 5.92 Å². The molecule has 1 atom stereocenters. The number of benzene rings is 2. The van der Waals surface area contributed by atoms with E-state index in [1.807, 2.05) is 42.5 Å². The number of amides is 2. The van der Waals surface area contributed by atoms with Crippen LogP contribution in [0.5, 0.6) is 0 Å². The highest BCUT2D eigenvalue weighted by atomic mass is 16.2. The van der Waals surface area contributed by atoms with Crippen LogP contribution < -0.4 is 10.6 Å². The summed E-state index contributed by atoms with van der Waals surface area (Å²) in [5, 5.41) is 7.66. The Labute approximate surface area is 142 Å². The zero-order valence-electron chi connectivity index (χ0n) is 14.4. The first-order chi connectivity index (χ1) is 11.5. The molecule has 126 valence electrons. The minimum atomic E-state index is -0.265. The van der Waals surface area contributed by atoms with Crippen molar-refractivity contribution in [1.29, 1.82) is 0 Å². The molecule has 0 aliphatic heterocycles. The Morgan fingerprint density at radius 1 is 1.12 bits per heavy atom. The molecule has 0 heterocycles. The van der Waals surface area contributed by atoms with E-state index in [0.717, 1.165) is 22.8 Å². The molecule has 2 rings (SSSR count). The van der Waals surface area contributed by atoms with E-state index in [0.29, 0.717) is 12.5 Å². The standard InChI is InChI=1S/C20H24N2O2/c1-4-14(2)13-21-20(24)19(22-15(3)23)12-17-10-7-9-16-8-5-6-11-18(16)17/h5-12,14H,4,13H2,1-3H3,(H,21,24)(H,22,23)/b19-12-/t14-/m0/s1. The van der Waals surface area contributed by atoms with Crippen LogP contribution in [-0.4, -0.2) is 18.4 Å². The van der Waals surface area contributed by atoms with Crippen molar-refractivity contribution in [3.8, 4) is 0 Å². The summed E-state index contributed by atoms with van der Waals surface area (Å²) in [6.45, 7) is 6.14. The van der Waals surface area contributed by atoms with Crippen molar-refractivity contribution in [2.75, 3.05) is 6.54 Å². The smallest absolute Gasteiger partial charge is 0.267 e. The second-order valence-corrected chi connectivity index (χ2v) is 6.03. The van der Waals surface area contributed by atoms with Gasteiger partial charge in [-0.1, -0.05) is 62.7 Å². The van der Waals surface area contributed by atoms with Crippen LogP contribution in [0.1, 0.15) is 32.8 Å². The molecule has 4 nitrogen and oxygen atoms in total. The molecule has 24 heavy (non-hydrogen) atoms. The fraction of sp³-hybridized carbons (Fsp3) is 0.300. The topological polar surface area (TPSA) is 58.2 Å². The zero-order chi connectivity index (χ0) is 17.5. The Morgan fingerprint density at radius 2 is 1.83 bits per heavy atom. The summed E-state index contributed by atoms with van der Waals surface area (Å²) in [5.41, 5.74) is 1.16. The van der Waals surface area contributed by atoms with Gasteiger partial charge in [0, 0.05) is 13.5 Å². The lowest BCUT2D eigenvalue weighted by Gasteiger charge is -2.13. The van der Waals surface area contributed by atoms with E-state index in [9.17, 15) is 9.59 Å². The van der Waals surface area contributed by atoms with Crippen LogP contribution in [0.2, 0.25) is 0 Å². The number of carbonyl (C=O) groups excluding carboxylic acids is 2. The van der Waals surface area contributed by atoms with Gasteiger partial charge in [-0.25, -0.2) is 0 Å². The van der Waals surface area contributed by atoms with Gasteiger partial charge in [0.05, 0.1) is 0 Å². The van der Waals surface area contributed by atoms with Gasteiger partial charge in [0.25, 0.3) is 5.91 Å². The Kier molecular flexibility index (Phi) is 6.13. The zero-order valence-corrected chi connectivity index (χ0v) is 14.4. The molecule has 0 spiro atoms. The highest BCUT2D eigenvalue weighted by Crippen LogP contribution is 2.20. The van der Waals surface area contributed by atoms with E-state index >= 15 is 0 Å². The first-order valence-corrected chi connectivity index (χ1v) is 8.26. The van der Waals surface area contributed by atoms with Gasteiger partial charge in [-0.3, -0.25) is 9.59 Å². The summed E-state index contributed by atoms with van der Waals surface area (Å²) in [6.07, 6.45) is 2.72. The molecule has 2 amide bonds. The maximum absolute atomic E-state index is 12.4. The number of hydrogen-bond donors (Lipinski definition) is 2. The molecule has 0 unspecified atom stereocenters. The number of rotatable bonds is 6. The predicted molar refractivity (Wildman–Crippen MR) is 98.2 cm³/mol. The molecule has 0 fully saturated rings. The highest BCUT2D eigenvalue weighted by molar-refractivity contribution is 6.03. The normalized spacial score (nSPS) is 12.7. The van der Waals surface area contributed by atoms with Crippen molar-refractivity contribution in [3.05, 3.63) is 53.7 Å². The van der Waals surface area contributed by atoms with Crippen LogP contribution >= 0.6 is 0 Å². The molecule has 0 saturated heterocycles. The van der Waals surface area contributed by atoms with E-state index in [4.69, 9.17) is 0 Å². The van der Waals surface area contributed by atoms with Crippen LogP contribution in [-0.2, 0) is 9.59 Å². The highest BCUT2D eigenvalue weighted by Gasteiger charge is 2.12. The third-order valence-electron chi connectivity index (χ3n) is 3.99. The molecular weight excluding hydrogens is 300 g/mol. The lowest BCUT2D eigenvalue weighted by molar-refractivity contribution is -0.122. The van der Waals surface area contributed by atoms with Crippen molar-refractivity contribution in [3.63, 3.8) is 0 Å². The van der Waals surface area contributed by atoms with Gasteiger partial charge in [0.2, 0.25) is 5.91 Å². The number of carbonyl (C=O) groups is 2. The fourth-order valence-corrected chi connectivity index (χ4v) is 2.39. The molecule has 0 radical (unpaired) electrons. The van der Waals surface area contributed by atoms with Crippen LogP contribution in [0.15, 0.2) is 48.2 Å². The maximum atomic E-state index is 12.4. The molecule has 2 aromatic carbocycles. The van der Waals surface area contributed by atoms with Crippen molar-refractivity contribution in [1.82, 2.24) is 10.6 Å². The van der Waals surface area contributed by atoms with E-state index in [1.165, 1.54) is 6.92 Å². The maximum Gasteiger partial charge on any atom is 0.267 e. The van der Waals surface area contributed by atoms with Crippen LogP contribution in [0.25, 0.3) is 16.8 Å². The fourth-order valence-electron chi connectivity index (χ4n) is 2.39. The van der Waals surface area contributed by atoms with Crippen LogP contribution in [0.3, 0.4) is 0 Å². The molecule has 0 saturated carbocycles. The molecule has 0 bridgehead atoms. The third-order valence-corrected chi connectivity index (χ3v) is 3.99. The van der Waals surface area contributed by atoms with Gasteiger partial charge in [0.15, 0.2) is 0 Å². The summed E-state index contributed by atoms with van der Waals surface area (Å²) in [7, 11) is 0. The van der Waals surface area contributed by atoms with E-state index in [-0.39, 0.29) is 17.5 Å². The molecule has 0 aromatic heterocycles. The van der Waals surface area contributed by atoms with Crippen molar-refractivity contribution < 1.29 is 9.59 Å². The van der Waals surface area contributed by atoms with Crippen LogP contribution in [0.4, 0.5) is 0 Å². The average Bonchev–Trinajstić information content (AvgIpc) is 2.58. The van der Waals surface area contributed by atoms with Gasteiger partial charge < -0.3 is 10.6 Å². The molecule has 0 aliphatic carbocycles. The first kappa shape index (κ1) is 17.7. The Hall–Kier alpha value is -2.62. The average molecular weight is 324 g/mol. The summed E-state index contributed by atoms with van der Waals surface area (Å²) in [4.78, 5) is 23.9. The summed E-state index contributed by atoms with van der Waals surface area (Å²) in [5.74, 6) is -0.135. The molecule has 2 aromatic rings. The number of nitrogens with one attached hydrogen (secondary N) is 2. The Balaban J connectivity index is 2.33. The minimum absolute atomic E-state index is 0.264. The molecule has 4 heteroatoms. The summed E-state index contributed by atoms with van der Waals surface area (Å²) < 4.78 is 0. The third kappa shape index (κ3) is 4.69. The predicted octanol–water partition coefficient (Wildman–Crippen LogP) is 3.48. The second kappa shape index (κ2) is 8.29. The number of fused-ring (bicyclic) bond motifs is 1. The quantitative estimate of drug-likeness (QED) is 0.799. The van der Waals surface area contributed by atoms with Gasteiger partial charge in [-0.05, 0) is 28.3 Å². The summed E-state index contributed by atoms with van der Waals surface area (Å²) in [6, 6.07) is 13.9. The van der Waals surface area contributed by atoms with Crippen molar-refractivity contribution in [2.45, 2.75) is 27.2 Å². The van der Waals surface area contributed by atoms with Crippen molar-refractivity contribution >= 4 is 28.7 Å². The van der Waals surface area contributed by atoms with Gasteiger partial charge in [0.1, 0.15) is 5.70 Å². The van der Waals surface area contributed by atoms with E-state index < -0.39 is 0 Å². The monoisotopic (exact) mass is 324 g/mol. The van der Waals surface area contributed by atoms with E-state index in [2.05, 4.69) is 24.5 Å². The van der Waals surface area contributed by atoms with Gasteiger partial charge in [-0.15, -0.1) is 0 Å². The lowest BCUT2D eigenvalue weighted by atomic mass is 10.0. The Morgan fingerprint density at radius 3 is 2.54 bits per heavy atom. The van der Waals surface area contributed by atoms with Gasteiger partial charge in [-0.2, -0.15) is 0 Å². The number of hydrogen-bond acceptors (Lipinski definition) is 2. The first-order valence-electron chi connectivity index (χ1n) is 8.26. The SMILES string of the molecule is CC[C@H](C)CNC(=O)/C(=C/c1cccc2ccccc12)NC(C)=O. The summed E-state index contributed by atoms with van der Waals surface area (Å²) >= 11 is 0.